The second-order valence-electron chi connectivity index (χ2n) is 2.17. The largest absolute Gasteiger partial charge is 0.262 e. The molecule has 0 saturated carbocycles. The molecule has 0 bridgehead atoms. The smallest absolute Gasteiger partial charge is 0.0371 e. The van der Waals surface area contributed by atoms with Gasteiger partial charge in [-0.15, -0.1) is 0 Å². The van der Waals surface area contributed by atoms with Crippen LogP contribution in [0.5, 0.6) is 0 Å². The lowest BCUT2D eigenvalue weighted by Gasteiger charge is -1.88. The summed E-state index contributed by atoms with van der Waals surface area (Å²) in [4.78, 5) is 3.97. The zero-order valence-corrected chi connectivity index (χ0v) is 6.31. The van der Waals surface area contributed by atoms with Gasteiger partial charge in [0.25, 0.3) is 0 Å². The monoisotopic (exact) mass is 123 g/mol. The van der Waals surface area contributed by atoms with Gasteiger partial charge in [0.1, 0.15) is 0 Å². The molecule has 0 aliphatic rings. The Hall–Kier alpha value is -0.850. The van der Waals surface area contributed by atoms with Crippen LogP contribution < -0.4 is 0 Å². The zero-order chi connectivity index (χ0) is 7.28. The van der Waals surface area contributed by atoms with E-state index in [-0.39, 0.29) is 0 Å². The average molecular weight is 123 g/mol. The maximum Gasteiger partial charge on any atom is 0.0371 e. The summed E-state index contributed by atoms with van der Waals surface area (Å²) in [5.41, 5.74) is 2.27. The molecule has 0 unspecified atom stereocenters. The summed E-state index contributed by atoms with van der Waals surface area (Å²) in [6, 6.07) is 0. The number of rotatable bonds is 2. The number of allylic oxidation sites excluding steroid dienone is 2. The molecule has 0 aromatic carbocycles. The topological polar surface area (TPSA) is 12.4 Å². The van der Waals surface area contributed by atoms with Crippen LogP contribution >= 0.6 is 0 Å². The summed E-state index contributed by atoms with van der Waals surface area (Å²) >= 11 is 0. The minimum Gasteiger partial charge on any atom is -0.262 e. The van der Waals surface area contributed by atoms with Crippen LogP contribution in [0.25, 0.3) is 0 Å². The average Bonchev–Trinajstić information content (AvgIpc) is 1.63. The van der Waals surface area contributed by atoms with E-state index in [4.69, 9.17) is 0 Å². The summed E-state index contributed by atoms with van der Waals surface area (Å²) in [6.07, 6.45) is 3.57. The molecule has 0 heterocycles. The van der Waals surface area contributed by atoms with Crippen molar-refractivity contribution in [2.24, 2.45) is 4.99 Å². The van der Waals surface area contributed by atoms with Crippen molar-refractivity contribution in [2.75, 3.05) is 0 Å². The second-order valence-corrected chi connectivity index (χ2v) is 2.17. The minimum atomic E-state index is 1.00. The fourth-order valence-corrected chi connectivity index (χ4v) is 0.599. The highest BCUT2D eigenvalue weighted by Gasteiger charge is 1.80. The van der Waals surface area contributed by atoms with Crippen molar-refractivity contribution in [2.45, 2.75) is 20.8 Å². The Morgan fingerprint density at radius 3 is 2.22 bits per heavy atom. The molecule has 0 fully saturated rings. The first-order valence-corrected chi connectivity index (χ1v) is 2.97. The maximum atomic E-state index is 3.97. The molecule has 0 amide bonds. The molecule has 1 heteroatoms. The van der Waals surface area contributed by atoms with E-state index in [1.165, 1.54) is 5.57 Å². The van der Waals surface area contributed by atoms with Crippen LogP contribution in [0.4, 0.5) is 0 Å². The lowest BCUT2D eigenvalue weighted by atomic mass is 10.2. The Bertz CT molecular complexity index is 148. The summed E-state index contributed by atoms with van der Waals surface area (Å²) in [7, 11) is 0. The lowest BCUT2D eigenvalue weighted by Crippen LogP contribution is -1.82. The number of nitrogens with zero attached hydrogens (tertiary/aromatic N) is 1. The van der Waals surface area contributed by atoms with E-state index in [0.29, 0.717) is 0 Å². The molecule has 0 N–H and O–H groups in total. The van der Waals surface area contributed by atoms with Gasteiger partial charge in [-0.1, -0.05) is 12.2 Å². The van der Waals surface area contributed by atoms with Gasteiger partial charge in [0, 0.05) is 11.9 Å². The van der Waals surface area contributed by atoms with E-state index in [1.54, 1.807) is 6.20 Å². The number of aliphatic imine (C=N–C) groups is 1. The third-order valence-electron chi connectivity index (χ3n) is 0.792. The van der Waals surface area contributed by atoms with Gasteiger partial charge in [-0.3, -0.25) is 4.99 Å². The lowest BCUT2D eigenvalue weighted by molar-refractivity contribution is 1.39. The quantitative estimate of drug-likeness (QED) is 0.500. The van der Waals surface area contributed by atoms with Crippen LogP contribution in [-0.4, -0.2) is 5.71 Å². The maximum absolute atomic E-state index is 3.97. The molecule has 0 aliphatic carbocycles. The molecule has 0 spiro atoms. The summed E-state index contributed by atoms with van der Waals surface area (Å²) < 4.78 is 0. The van der Waals surface area contributed by atoms with Gasteiger partial charge in [0.05, 0.1) is 0 Å². The van der Waals surface area contributed by atoms with Crippen LogP contribution in [0.15, 0.2) is 29.4 Å². The Morgan fingerprint density at radius 1 is 1.33 bits per heavy atom. The highest BCUT2D eigenvalue weighted by Crippen LogP contribution is 1.90. The van der Waals surface area contributed by atoms with Gasteiger partial charge in [-0.25, -0.2) is 0 Å². The molecular weight excluding hydrogens is 110 g/mol. The van der Waals surface area contributed by atoms with E-state index >= 15 is 0 Å². The van der Waals surface area contributed by atoms with Crippen LogP contribution in [0, 0.1) is 0 Å². The van der Waals surface area contributed by atoms with Gasteiger partial charge >= 0.3 is 0 Å². The summed E-state index contributed by atoms with van der Waals surface area (Å²) in [6.45, 7) is 9.53. The zero-order valence-electron chi connectivity index (χ0n) is 6.31. The van der Waals surface area contributed by atoms with Crippen molar-refractivity contribution < 1.29 is 0 Å². The Kier molecular flexibility index (Phi) is 3.69. The minimum absolute atomic E-state index is 1.00. The molecule has 0 atom stereocenters. The third-order valence-corrected chi connectivity index (χ3v) is 0.792. The van der Waals surface area contributed by atoms with Crippen LogP contribution in [0.1, 0.15) is 20.8 Å². The molecule has 0 saturated heterocycles. The second kappa shape index (κ2) is 4.07. The van der Waals surface area contributed by atoms with E-state index in [0.717, 1.165) is 5.71 Å². The molecule has 0 aromatic heterocycles. The molecule has 0 aromatic rings. The van der Waals surface area contributed by atoms with Gasteiger partial charge in [0.2, 0.25) is 0 Å². The number of hydrogen-bond acceptors (Lipinski definition) is 1. The Labute approximate surface area is 56.8 Å². The predicted molar refractivity (Wildman–Crippen MR) is 42.7 cm³/mol. The Balaban J connectivity index is 4.05. The highest BCUT2D eigenvalue weighted by atomic mass is 14.7. The molecule has 1 nitrogen and oxygen atoms in total. The predicted octanol–water partition coefficient (Wildman–Crippen LogP) is 2.56. The van der Waals surface area contributed by atoms with Crippen molar-refractivity contribution in [3.8, 4) is 0 Å². The highest BCUT2D eigenvalue weighted by molar-refractivity contribution is 5.93. The summed E-state index contributed by atoms with van der Waals surface area (Å²) in [5, 5.41) is 0. The van der Waals surface area contributed by atoms with Gasteiger partial charge in [-0.2, -0.15) is 0 Å². The molecule has 50 valence electrons. The first-order valence-electron chi connectivity index (χ1n) is 2.97. The fraction of sp³-hybridized carbons (Fsp3) is 0.375. The van der Waals surface area contributed by atoms with Crippen LogP contribution in [-0.2, 0) is 0 Å². The van der Waals surface area contributed by atoms with Crippen LogP contribution in [0.3, 0.4) is 0 Å². The van der Waals surface area contributed by atoms with Crippen molar-refractivity contribution in [1.82, 2.24) is 0 Å². The van der Waals surface area contributed by atoms with Gasteiger partial charge in [-0.05, 0) is 26.8 Å². The summed E-state index contributed by atoms with van der Waals surface area (Å²) in [5.74, 6) is 0. The molecule has 0 aliphatic heterocycles. The van der Waals surface area contributed by atoms with Gasteiger partial charge < -0.3 is 0 Å². The molecule has 9 heavy (non-hydrogen) atoms. The SMILES string of the molecule is C=CN=C(C)C=C(C)C. The van der Waals surface area contributed by atoms with E-state index < -0.39 is 0 Å². The first kappa shape index (κ1) is 8.15. The van der Waals surface area contributed by atoms with Crippen molar-refractivity contribution in [1.29, 1.82) is 0 Å². The van der Waals surface area contributed by atoms with Crippen LogP contribution in [0.2, 0.25) is 0 Å². The van der Waals surface area contributed by atoms with Crippen molar-refractivity contribution in [3.63, 3.8) is 0 Å². The third kappa shape index (κ3) is 5.01. The first-order chi connectivity index (χ1) is 4.16. The van der Waals surface area contributed by atoms with E-state index in [9.17, 15) is 0 Å². The Morgan fingerprint density at radius 2 is 1.89 bits per heavy atom. The normalized spacial score (nSPS) is 10.8. The molecule has 0 rings (SSSR count). The molecule has 0 radical (unpaired) electrons. The van der Waals surface area contributed by atoms with Crippen molar-refractivity contribution in [3.05, 3.63) is 24.4 Å². The van der Waals surface area contributed by atoms with E-state index in [1.807, 2.05) is 26.8 Å². The van der Waals surface area contributed by atoms with E-state index in [2.05, 4.69) is 11.6 Å². The van der Waals surface area contributed by atoms with Gasteiger partial charge in [0.15, 0.2) is 0 Å². The number of hydrogen-bond donors (Lipinski definition) is 0. The fourth-order valence-electron chi connectivity index (χ4n) is 0.599. The van der Waals surface area contributed by atoms with Crippen molar-refractivity contribution >= 4 is 5.71 Å². The molecular formula is C8H13N. The standard InChI is InChI=1S/C8H13N/c1-5-9-8(4)6-7(2)3/h5-6H,1H2,2-4H3.